The van der Waals surface area contributed by atoms with Gasteiger partial charge < -0.3 is 25.5 Å². The molecule has 0 heterocycles. The van der Waals surface area contributed by atoms with Gasteiger partial charge in [0.2, 0.25) is 11.8 Å². The Hall–Kier alpha value is -2.90. The molecule has 3 N–H and O–H groups in total. The molecular weight excluding hydrogens is 338 g/mol. The minimum Gasteiger partial charge on any atom is -0.445 e. The first-order chi connectivity index (χ1) is 12.4. The molecule has 26 heavy (non-hydrogen) atoms. The minimum atomic E-state index is -0.822. The van der Waals surface area contributed by atoms with Crippen LogP contribution in [0.1, 0.15) is 25.8 Å². The topological polar surface area (TPSA) is 114 Å². The van der Waals surface area contributed by atoms with Gasteiger partial charge in [-0.25, -0.2) is 4.79 Å². The maximum Gasteiger partial charge on any atom is 0.408 e. The van der Waals surface area contributed by atoms with Gasteiger partial charge in [-0.15, -0.1) is 0 Å². The molecule has 1 rings (SSSR count). The number of hydrogen-bond acceptors (Lipinski definition) is 5. The maximum absolute atomic E-state index is 12.2. The second-order valence-electron chi connectivity index (χ2n) is 6.08. The van der Waals surface area contributed by atoms with E-state index in [1.807, 2.05) is 44.2 Å². The van der Waals surface area contributed by atoms with Crippen LogP contribution in [0.4, 0.5) is 4.79 Å². The molecule has 0 aromatic heterocycles. The average Bonchev–Trinajstić information content (AvgIpc) is 2.62. The second-order valence-corrected chi connectivity index (χ2v) is 6.08. The summed E-state index contributed by atoms with van der Waals surface area (Å²) in [6, 6.07) is 8.35. The fourth-order valence-corrected chi connectivity index (χ4v) is 2.12. The average molecular weight is 363 g/mol. The van der Waals surface area contributed by atoms with Crippen LogP contribution in [0.15, 0.2) is 30.3 Å². The predicted molar refractivity (Wildman–Crippen MR) is 95.1 cm³/mol. The summed E-state index contributed by atoms with van der Waals surface area (Å²) in [7, 11) is 0. The normalized spacial score (nSPS) is 11.3. The maximum atomic E-state index is 12.2. The second kappa shape index (κ2) is 11.6. The zero-order valence-electron chi connectivity index (χ0n) is 15.0. The van der Waals surface area contributed by atoms with E-state index in [1.165, 1.54) is 0 Å². The highest BCUT2D eigenvalue weighted by Gasteiger charge is 2.23. The Morgan fingerprint density at radius 3 is 2.42 bits per heavy atom. The lowest BCUT2D eigenvalue weighted by molar-refractivity contribution is -0.127. The van der Waals surface area contributed by atoms with E-state index >= 15 is 0 Å². The first kappa shape index (κ1) is 21.1. The van der Waals surface area contributed by atoms with Crippen molar-refractivity contribution in [3.63, 3.8) is 0 Å². The third-order valence-electron chi connectivity index (χ3n) is 3.33. The molecule has 0 spiro atoms. The number of nitrogens with one attached hydrogen (secondary N) is 3. The highest BCUT2D eigenvalue weighted by Crippen LogP contribution is 2.06. The van der Waals surface area contributed by atoms with Crippen LogP contribution in [-0.2, 0) is 25.7 Å². The molecule has 8 nitrogen and oxygen atoms in total. The first-order valence-corrected chi connectivity index (χ1v) is 8.37. The number of aldehydes is 1. The van der Waals surface area contributed by atoms with Gasteiger partial charge in [-0.3, -0.25) is 9.59 Å². The summed E-state index contributed by atoms with van der Waals surface area (Å²) in [6.45, 7) is 3.52. The van der Waals surface area contributed by atoms with Gasteiger partial charge in [-0.2, -0.15) is 0 Å². The standard InChI is InChI=1S/C18H25N3O5/c1-13(2)10-15(17(24)20-11-16(23)19-8-9-22)21-18(25)26-12-14-6-4-3-5-7-14/h3-7,9,13,15H,8,10-12H2,1-2H3,(H,19,23)(H,20,24)(H,21,25)/t15-/m0/s1. The van der Waals surface area contributed by atoms with E-state index in [0.717, 1.165) is 5.56 Å². The molecule has 1 atom stereocenters. The van der Waals surface area contributed by atoms with Crippen LogP contribution < -0.4 is 16.0 Å². The number of benzene rings is 1. The molecule has 0 aliphatic carbocycles. The molecule has 3 amide bonds. The number of hydrogen-bond donors (Lipinski definition) is 3. The van der Waals surface area contributed by atoms with E-state index in [2.05, 4.69) is 16.0 Å². The fourth-order valence-electron chi connectivity index (χ4n) is 2.12. The number of ether oxygens (including phenoxy) is 1. The van der Waals surface area contributed by atoms with Crippen molar-refractivity contribution in [2.75, 3.05) is 13.1 Å². The molecule has 0 aliphatic rings. The molecular formula is C18H25N3O5. The van der Waals surface area contributed by atoms with E-state index in [0.29, 0.717) is 12.7 Å². The number of rotatable bonds is 10. The third kappa shape index (κ3) is 8.81. The SMILES string of the molecule is CC(C)C[C@H](NC(=O)OCc1ccccc1)C(=O)NCC(=O)NCC=O. The van der Waals surface area contributed by atoms with Gasteiger partial charge in [0.25, 0.3) is 0 Å². The van der Waals surface area contributed by atoms with Crippen LogP contribution in [0.25, 0.3) is 0 Å². The summed E-state index contributed by atoms with van der Waals surface area (Å²) in [5, 5.41) is 7.28. The summed E-state index contributed by atoms with van der Waals surface area (Å²) in [6.07, 6.45) is 0.230. The molecule has 0 aliphatic heterocycles. The number of carbonyl (C=O) groups excluding carboxylic acids is 4. The molecule has 0 unspecified atom stereocenters. The van der Waals surface area contributed by atoms with Gasteiger partial charge in [0, 0.05) is 0 Å². The van der Waals surface area contributed by atoms with Crippen molar-refractivity contribution in [1.82, 2.24) is 16.0 Å². The summed E-state index contributed by atoms with van der Waals surface area (Å²) in [5.74, 6) is -0.832. The lowest BCUT2D eigenvalue weighted by Crippen LogP contribution is -2.49. The smallest absolute Gasteiger partial charge is 0.408 e. The van der Waals surface area contributed by atoms with E-state index in [-0.39, 0.29) is 25.6 Å². The van der Waals surface area contributed by atoms with Gasteiger partial charge in [-0.05, 0) is 17.9 Å². The summed E-state index contributed by atoms with van der Waals surface area (Å²) in [5.41, 5.74) is 0.833. The van der Waals surface area contributed by atoms with Crippen molar-refractivity contribution in [3.05, 3.63) is 35.9 Å². The summed E-state index contributed by atoms with van der Waals surface area (Å²) < 4.78 is 5.12. The van der Waals surface area contributed by atoms with Gasteiger partial charge in [0.1, 0.15) is 18.9 Å². The third-order valence-corrected chi connectivity index (χ3v) is 3.33. The molecule has 8 heteroatoms. The van der Waals surface area contributed by atoms with Crippen molar-refractivity contribution in [2.45, 2.75) is 32.9 Å². The van der Waals surface area contributed by atoms with Crippen LogP contribution in [0.3, 0.4) is 0 Å². The lowest BCUT2D eigenvalue weighted by Gasteiger charge is -2.20. The van der Waals surface area contributed by atoms with Crippen molar-refractivity contribution < 1.29 is 23.9 Å². The number of alkyl carbamates (subject to hydrolysis) is 1. The van der Waals surface area contributed by atoms with E-state index in [1.54, 1.807) is 0 Å². The Morgan fingerprint density at radius 2 is 1.81 bits per heavy atom. The van der Waals surface area contributed by atoms with Crippen LogP contribution >= 0.6 is 0 Å². The quantitative estimate of drug-likeness (QED) is 0.531. The fraction of sp³-hybridized carbons (Fsp3) is 0.444. The molecule has 0 bridgehead atoms. The Balaban J connectivity index is 2.50. The van der Waals surface area contributed by atoms with Crippen LogP contribution in [0.2, 0.25) is 0 Å². The minimum absolute atomic E-state index is 0.0940. The van der Waals surface area contributed by atoms with Crippen LogP contribution in [-0.4, -0.2) is 43.3 Å². The number of carbonyl (C=O) groups is 4. The number of amides is 3. The monoisotopic (exact) mass is 363 g/mol. The highest BCUT2D eigenvalue weighted by molar-refractivity contribution is 5.89. The Labute approximate surface area is 152 Å². The van der Waals surface area contributed by atoms with E-state index < -0.39 is 23.9 Å². The molecule has 0 fully saturated rings. The molecule has 1 aromatic rings. The molecule has 142 valence electrons. The zero-order valence-corrected chi connectivity index (χ0v) is 15.0. The van der Waals surface area contributed by atoms with Gasteiger partial charge in [0.05, 0.1) is 13.1 Å². The molecule has 1 aromatic carbocycles. The Morgan fingerprint density at radius 1 is 1.12 bits per heavy atom. The van der Waals surface area contributed by atoms with E-state index in [9.17, 15) is 19.2 Å². The van der Waals surface area contributed by atoms with E-state index in [4.69, 9.17) is 4.74 Å². The van der Waals surface area contributed by atoms with Gasteiger partial charge in [0.15, 0.2) is 0 Å². The lowest BCUT2D eigenvalue weighted by atomic mass is 10.0. The highest BCUT2D eigenvalue weighted by atomic mass is 16.5. The molecule has 0 saturated carbocycles. The summed E-state index contributed by atoms with van der Waals surface area (Å²) >= 11 is 0. The molecule has 0 radical (unpaired) electrons. The zero-order chi connectivity index (χ0) is 19.4. The van der Waals surface area contributed by atoms with Crippen molar-refractivity contribution >= 4 is 24.2 Å². The van der Waals surface area contributed by atoms with Crippen molar-refractivity contribution in [3.8, 4) is 0 Å². The molecule has 0 saturated heterocycles. The van der Waals surface area contributed by atoms with Crippen molar-refractivity contribution in [1.29, 1.82) is 0 Å². The van der Waals surface area contributed by atoms with Gasteiger partial charge >= 0.3 is 6.09 Å². The summed E-state index contributed by atoms with van der Waals surface area (Å²) in [4.78, 5) is 45.8. The van der Waals surface area contributed by atoms with Gasteiger partial charge in [-0.1, -0.05) is 44.2 Å². The largest absolute Gasteiger partial charge is 0.445 e. The van der Waals surface area contributed by atoms with Crippen LogP contribution in [0.5, 0.6) is 0 Å². The first-order valence-electron chi connectivity index (χ1n) is 8.37. The Kier molecular flexibility index (Phi) is 9.45. The van der Waals surface area contributed by atoms with Crippen molar-refractivity contribution in [2.24, 2.45) is 5.92 Å². The Bertz CT molecular complexity index is 604. The van der Waals surface area contributed by atoms with Crippen LogP contribution in [0, 0.1) is 5.92 Å². The predicted octanol–water partition coefficient (Wildman–Crippen LogP) is 0.759.